The van der Waals surface area contributed by atoms with Crippen molar-refractivity contribution >= 4 is 21.5 Å². The van der Waals surface area contributed by atoms with Crippen LogP contribution in [-0.2, 0) is 0 Å². The van der Waals surface area contributed by atoms with Crippen molar-refractivity contribution in [2.45, 2.75) is 13.8 Å². The summed E-state index contributed by atoms with van der Waals surface area (Å²) >= 11 is 0. The van der Waals surface area contributed by atoms with E-state index in [9.17, 15) is 0 Å². The van der Waals surface area contributed by atoms with Crippen molar-refractivity contribution in [1.82, 2.24) is 9.97 Å². The van der Waals surface area contributed by atoms with Gasteiger partial charge in [0.2, 0.25) is 0 Å². The molecule has 0 spiro atoms. The van der Waals surface area contributed by atoms with Crippen molar-refractivity contribution in [2.75, 3.05) is 0 Å². The average molecular weight is 360 g/mol. The van der Waals surface area contributed by atoms with Gasteiger partial charge in [-0.3, -0.25) is 9.97 Å². The van der Waals surface area contributed by atoms with Crippen molar-refractivity contribution in [3.8, 4) is 22.5 Å². The Hall–Kier alpha value is -3.52. The van der Waals surface area contributed by atoms with E-state index in [1.807, 2.05) is 24.5 Å². The summed E-state index contributed by atoms with van der Waals surface area (Å²) in [4.78, 5) is 9.51. The maximum absolute atomic E-state index is 4.75. The second-order valence-corrected chi connectivity index (χ2v) is 7.18. The minimum Gasteiger partial charge on any atom is -0.256 e. The smallest absolute Gasteiger partial charge is 0.0743 e. The lowest BCUT2D eigenvalue weighted by Crippen LogP contribution is -1.96. The van der Waals surface area contributed by atoms with Gasteiger partial charge in [-0.15, -0.1) is 0 Å². The minimum atomic E-state index is 1.04. The third-order valence-electron chi connectivity index (χ3n) is 5.42. The highest BCUT2D eigenvalue weighted by Crippen LogP contribution is 2.43. The van der Waals surface area contributed by atoms with Gasteiger partial charge in [0, 0.05) is 23.5 Å². The lowest BCUT2D eigenvalue weighted by molar-refractivity contribution is 1.27. The molecule has 5 aromatic rings. The zero-order valence-electron chi connectivity index (χ0n) is 16.0. The molecule has 0 aliphatic heterocycles. The van der Waals surface area contributed by atoms with Crippen LogP contribution in [0.2, 0.25) is 0 Å². The summed E-state index contributed by atoms with van der Waals surface area (Å²) in [6.07, 6.45) is 3.76. The standard InChI is InChI=1S/C26H20N2/c1-17-9-7-15-27-25(17)23-19-11-3-5-13-21(19)24(22-14-6-4-12-20(22)23)26-18(2)10-8-16-28-26/h3-16H,1-2H3. The van der Waals surface area contributed by atoms with Crippen LogP contribution in [0.3, 0.4) is 0 Å². The fourth-order valence-electron chi connectivity index (χ4n) is 4.13. The van der Waals surface area contributed by atoms with Crippen molar-refractivity contribution in [3.05, 3.63) is 96.3 Å². The summed E-state index contributed by atoms with van der Waals surface area (Å²) in [6, 6.07) is 25.5. The second-order valence-electron chi connectivity index (χ2n) is 7.18. The molecule has 0 unspecified atom stereocenters. The molecule has 0 saturated carbocycles. The van der Waals surface area contributed by atoms with Crippen LogP contribution in [0, 0.1) is 13.8 Å². The first-order valence-electron chi connectivity index (χ1n) is 9.53. The molecule has 2 nitrogen and oxygen atoms in total. The Balaban J connectivity index is 2.04. The molecule has 0 amide bonds. The molecule has 2 heterocycles. The quantitative estimate of drug-likeness (QED) is 0.326. The fourth-order valence-corrected chi connectivity index (χ4v) is 4.13. The molecule has 134 valence electrons. The van der Waals surface area contributed by atoms with Crippen LogP contribution in [0.1, 0.15) is 11.1 Å². The van der Waals surface area contributed by atoms with Gasteiger partial charge in [-0.2, -0.15) is 0 Å². The van der Waals surface area contributed by atoms with Crippen LogP contribution in [-0.4, -0.2) is 9.97 Å². The Morgan fingerprint density at radius 3 is 1.14 bits per heavy atom. The molecule has 0 atom stereocenters. The molecule has 0 saturated heterocycles. The highest BCUT2D eigenvalue weighted by atomic mass is 14.7. The molecule has 3 aromatic carbocycles. The number of pyridine rings is 2. The topological polar surface area (TPSA) is 25.8 Å². The summed E-state index contributed by atoms with van der Waals surface area (Å²) < 4.78 is 0. The fraction of sp³-hybridized carbons (Fsp3) is 0.0769. The highest BCUT2D eigenvalue weighted by molar-refractivity contribution is 6.21. The van der Waals surface area contributed by atoms with Crippen LogP contribution in [0.4, 0.5) is 0 Å². The minimum absolute atomic E-state index is 1.04. The molecular weight excluding hydrogens is 340 g/mol. The maximum Gasteiger partial charge on any atom is 0.0743 e. The van der Waals surface area contributed by atoms with Crippen LogP contribution in [0.5, 0.6) is 0 Å². The van der Waals surface area contributed by atoms with Gasteiger partial charge < -0.3 is 0 Å². The van der Waals surface area contributed by atoms with Gasteiger partial charge in [-0.25, -0.2) is 0 Å². The van der Waals surface area contributed by atoms with Gasteiger partial charge in [-0.05, 0) is 58.7 Å². The van der Waals surface area contributed by atoms with E-state index in [0.717, 1.165) is 11.4 Å². The first-order chi connectivity index (χ1) is 13.8. The Morgan fingerprint density at radius 2 is 0.821 bits per heavy atom. The number of aryl methyl sites for hydroxylation is 2. The van der Waals surface area contributed by atoms with Gasteiger partial charge in [0.25, 0.3) is 0 Å². The Bertz CT molecular complexity index is 1170. The largest absolute Gasteiger partial charge is 0.256 e. The molecule has 2 heteroatoms. The van der Waals surface area contributed by atoms with Gasteiger partial charge in [-0.1, -0.05) is 60.7 Å². The zero-order valence-corrected chi connectivity index (χ0v) is 16.0. The number of hydrogen-bond acceptors (Lipinski definition) is 2. The molecule has 2 aromatic heterocycles. The summed E-state index contributed by atoms with van der Waals surface area (Å²) in [5, 5.41) is 4.84. The molecule has 28 heavy (non-hydrogen) atoms. The van der Waals surface area contributed by atoms with E-state index in [1.165, 1.54) is 43.8 Å². The summed E-state index contributed by atoms with van der Waals surface area (Å²) in [7, 11) is 0. The van der Waals surface area contributed by atoms with Gasteiger partial charge in [0.15, 0.2) is 0 Å². The number of hydrogen-bond donors (Lipinski definition) is 0. The predicted octanol–water partition coefficient (Wildman–Crippen LogP) is 6.73. The van der Waals surface area contributed by atoms with Crippen LogP contribution in [0.15, 0.2) is 85.2 Å². The molecule has 0 bridgehead atoms. The Morgan fingerprint density at radius 1 is 0.464 bits per heavy atom. The first-order valence-corrected chi connectivity index (χ1v) is 9.53. The number of fused-ring (bicyclic) bond motifs is 2. The second kappa shape index (κ2) is 6.58. The van der Waals surface area contributed by atoms with E-state index in [2.05, 4.69) is 74.5 Å². The monoisotopic (exact) mass is 360 g/mol. The van der Waals surface area contributed by atoms with Crippen molar-refractivity contribution in [1.29, 1.82) is 0 Å². The lowest BCUT2D eigenvalue weighted by atomic mass is 9.87. The van der Waals surface area contributed by atoms with E-state index >= 15 is 0 Å². The van der Waals surface area contributed by atoms with Gasteiger partial charge in [0.05, 0.1) is 11.4 Å². The molecular formula is C26H20N2. The maximum atomic E-state index is 4.75. The van der Waals surface area contributed by atoms with Crippen molar-refractivity contribution in [3.63, 3.8) is 0 Å². The van der Waals surface area contributed by atoms with Crippen LogP contribution < -0.4 is 0 Å². The van der Waals surface area contributed by atoms with E-state index in [4.69, 9.17) is 9.97 Å². The van der Waals surface area contributed by atoms with E-state index in [0.29, 0.717) is 0 Å². The lowest BCUT2D eigenvalue weighted by Gasteiger charge is -2.18. The third kappa shape index (κ3) is 2.49. The van der Waals surface area contributed by atoms with Gasteiger partial charge >= 0.3 is 0 Å². The summed E-state index contributed by atoms with van der Waals surface area (Å²) in [5.41, 5.74) is 6.83. The molecule has 0 radical (unpaired) electrons. The molecule has 5 rings (SSSR count). The molecule has 0 N–H and O–H groups in total. The Labute approximate surface area is 164 Å². The van der Waals surface area contributed by atoms with Crippen molar-refractivity contribution in [2.24, 2.45) is 0 Å². The third-order valence-corrected chi connectivity index (χ3v) is 5.42. The zero-order chi connectivity index (χ0) is 19.1. The van der Waals surface area contributed by atoms with Gasteiger partial charge in [0.1, 0.15) is 0 Å². The molecule has 0 aliphatic carbocycles. The van der Waals surface area contributed by atoms with E-state index in [1.54, 1.807) is 0 Å². The number of benzene rings is 3. The van der Waals surface area contributed by atoms with Crippen molar-refractivity contribution < 1.29 is 0 Å². The highest BCUT2D eigenvalue weighted by Gasteiger charge is 2.19. The Kier molecular flexibility index (Phi) is 3.91. The number of nitrogens with zero attached hydrogens (tertiary/aromatic N) is 2. The number of aromatic nitrogens is 2. The molecule has 0 aliphatic rings. The van der Waals surface area contributed by atoms with Crippen LogP contribution >= 0.6 is 0 Å². The summed E-state index contributed by atoms with van der Waals surface area (Å²) in [5.74, 6) is 0. The average Bonchev–Trinajstić information content (AvgIpc) is 2.73. The molecule has 0 fully saturated rings. The predicted molar refractivity (Wildman–Crippen MR) is 117 cm³/mol. The van der Waals surface area contributed by atoms with E-state index < -0.39 is 0 Å². The summed E-state index contributed by atoms with van der Waals surface area (Å²) in [6.45, 7) is 4.26. The van der Waals surface area contributed by atoms with Crippen LogP contribution in [0.25, 0.3) is 44.1 Å². The SMILES string of the molecule is Cc1cccnc1-c1c2ccccc2c(-c2ncccc2C)c2ccccc12. The number of rotatable bonds is 2. The first kappa shape index (κ1) is 16.6. The van der Waals surface area contributed by atoms with E-state index in [-0.39, 0.29) is 0 Å². The normalized spacial score (nSPS) is 11.2.